The average molecular weight is 445 g/mol. The molecule has 1 aromatic carbocycles. The summed E-state index contributed by atoms with van der Waals surface area (Å²) in [7, 11) is -3.74. The highest BCUT2D eigenvalue weighted by Gasteiger charge is 2.42. The van der Waals surface area contributed by atoms with E-state index in [4.69, 9.17) is 0 Å². The van der Waals surface area contributed by atoms with Crippen LogP contribution in [0.3, 0.4) is 0 Å². The summed E-state index contributed by atoms with van der Waals surface area (Å²) >= 11 is 2.92. The van der Waals surface area contributed by atoms with E-state index in [9.17, 15) is 13.2 Å². The number of rotatable bonds is 3. The Hall–Kier alpha value is -2.00. The molecule has 0 saturated heterocycles. The van der Waals surface area contributed by atoms with Crippen LogP contribution < -0.4 is 0 Å². The highest BCUT2D eigenvalue weighted by Crippen LogP contribution is 2.33. The number of carbonyl (C=O) groups is 1. The van der Waals surface area contributed by atoms with Crippen LogP contribution in [0.4, 0.5) is 0 Å². The fraction of sp³-hybridized carbons (Fsp3) is 0.286. The Morgan fingerprint density at radius 3 is 2.55 bits per heavy atom. The molecule has 0 N–H and O–H groups in total. The van der Waals surface area contributed by atoms with E-state index >= 15 is 0 Å². The summed E-state index contributed by atoms with van der Waals surface area (Å²) in [4.78, 5) is 16.7. The molecule has 0 fully saturated rings. The second-order valence-electron chi connectivity index (χ2n) is 7.35. The topological polar surface area (TPSA) is 57.7 Å². The van der Waals surface area contributed by atoms with Crippen molar-refractivity contribution >= 4 is 38.6 Å². The standard InChI is InChI=1S/C21H20N2O3S3/c24-21(22-9-7-19-17(13-22)8-11-27-19)18-12-15-4-1-2-5-16(15)14-23(18)29(25,26)20-6-3-10-28-20/h1-6,8,10-11,18H,7,9,12-14H2/t18-/m0/s1. The van der Waals surface area contributed by atoms with E-state index in [-0.39, 0.29) is 16.7 Å². The maximum atomic E-state index is 13.5. The van der Waals surface area contributed by atoms with E-state index < -0.39 is 16.1 Å². The van der Waals surface area contributed by atoms with Gasteiger partial charge in [-0.3, -0.25) is 4.79 Å². The molecule has 150 valence electrons. The van der Waals surface area contributed by atoms with Gasteiger partial charge in [0.05, 0.1) is 0 Å². The fourth-order valence-electron chi connectivity index (χ4n) is 4.14. The van der Waals surface area contributed by atoms with E-state index in [0.717, 1.165) is 17.5 Å². The van der Waals surface area contributed by atoms with Crippen molar-refractivity contribution in [3.05, 3.63) is 74.8 Å². The van der Waals surface area contributed by atoms with Crippen LogP contribution in [0, 0.1) is 0 Å². The van der Waals surface area contributed by atoms with Gasteiger partial charge in [-0.05, 0) is 52.4 Å². The molecule has 0 bridgehead atoms. The highest BCUT2D eigenvalue weighted by atomic mass is 32.2. The zero-order chi connectivity index (χ0) is 20.0. The number of hydrogen-bond acceptors (Lipinski definition) is 5. The van der Waals surface area contributed by atoms with Gasteiger partial charge >= 0.3 is 0 Å². The minimum Gasteiger partial charge on any atom is -0.337 e. The summed E-state index contributed by atoms with van der Waals surface area (Å²) in [5.41, 5.74) is 3.20. The molecule has 2 aliphatic heterocycles. The maximum Gasteiger partial charge on any atom is 0.253 e. The molecular weight excluding hydrogens is 424 g/mol. The van der Waals surface area contributed by atoms with Gasteiger partial charge in [0.15, 0.2) is 0 Å². The molecule has 3 aromatic rings. The van der Waals surface area contributed by atoms with Crippen LogP contribution in [0.2, 0.25) is 0 Å². The van der Waals surface area contributed by atoms with Crippen LogP contribution in [0.25, 0.3) is 0 Å². The van der Waals surface area contributed by atoms with E-state index in [2.05, 4.69) is 11.4 Å². The Kier molecular flexibility index (Phi) is 4.82. The normalized spacial score (nSPS) is 19.6. The lowest BCUT2D eigenvalue weighted by Crippen LogP contribution is -2.54. The van der Waals surface area contributed by atoms with Crippen molar-refractivity contribution in [2.75, 3.05) is 6.54 Å². The van der Waals surface area contributed by atoms with Gasteiger partial charge < -0.3 is 4.90 Å². The van der Waals surface area contributed by atoms with E-state index in [1.807, 2.05) is 29.2 Å². The molecule has 5 rings (SSSR count). The van der Waals surface area contributed by atoms with Crippen LogP contribution in [0.1, 0.15) is 21.6 Å². The summed E-state index contributed by atoms with van der Waals surface area (Å²) < 4.78 is 28.5. The first-order chi connectivity index (χ1) is 14.0. The van der Waals surface area contributed by atoms with Crippen LogP contribution in [-0.4, -0.2) is 36.1 Å². The molecule has 0 radical (unpaired) electrons. The average Bonchev–Trinajstić information content (AvgIpc) is 3.44. The minimum atomic E-state index is -3.74. The molecule has 1 atom stereocenters. The van der Waals surface area contributed by atoms with Gasteiger partial charge in [0, 0.05) is 24.5 Å². The molecule has 2 aliphatic rings. The smallest absolute Gasteiger partial charge is 0.253 e. The maximum absolute atomic E-state index is 13.5. The lowest BCUT2D eigenvalue weighted by molar-refractivity contribution is -0.136. The lowest BCUT2D eigenvalue weighted by Gasteiger charge is -2.38. The van der Waals surface area contributed by atoms with E-state index in [1.165, 1.54) is 26.1 Å². The largest absolute Gasteiger partial charge is 0.337 e. The van der Waals surface area contributed by atoms with Gasteiger partial charge in [-0.2, -0.15) is 4.31 Å². The Bertz CT molecular complexity index is 1150. The van der Waals surface area contributed by atoms with Crippen molar-refractivity contribution in [2.45, 2.75) is 36.2 Å². The van der Waals surface area contributed by atoms with Gasteiger partial charge in [0.1, 0.15) is 10.3 Å². The molecule has 0 aliphatic carbocycles. The predicted octanol–water partition coefficient (Wildman–Crippen LogP) is 3.51. The van der Waals surface area contributed by atoms with Crippen molar-refractivity contribution < 1.29 is 13.2 Å². The minimum absolute atomic E-state index is 0.100. The molecule has 0 unspecified atom stereocenters. The van der Waals surface area contributed by atoms with Gasteiger partial charge in [-0.1, -0.05) is 30.3 Å². The molecule has 0 saturated carbocycles. The van der Waals surface area contributed by atoms with Gasteiger partial charge in [0.25, 0.3) is 10.0 Å². The first-order valence-electron chi connectivity index (χ1n) is 9.50. The second kappa shape index (κ2) is 7.36. The number of benzene rings is 1. The zero-order valence-electron chi connectivity index (χ0n) is 15.7. The van der Waals surface area contributed by atoms with E-state index in [1.54, 1.807) is 28.8 Å². The van der Waals surface area contributed by atoms with Crippen molar-refractivity contribution in [1.29, 1.82) is 0 Å². The molecule has 4 heterocycles. The van der Waals surface area contributed by atoms with Crippen LogP contribution in [0.15, 0.2) is 57.4 Å². The monoisotopic (exact) mass is 444 g/mol. The SMILES string of the molecule is O=C([C@@H]1Cc2ccccc2CN1S(=O)(=O)c1cccs1)N1CCc2sccc2C1. The third kappa shape index (κ3) is 3.34. The van der Waals surface area contributed by atoms with Crippen LogP contribution in [0.5, 0.6) is 0 Å². The molecular formula is C21H20N2O3S3. The molecule has 29 heavy (non-hydrogen) atoms. The predicted molar refractivity (Wildman–Crippen MR) is 114 cm³/mol. The molecule has 1 amide bonds. The van der Waals surface area contributed by atoms with Gasteiger partial charge in [-0.15, -0.1) is 22.7 Å². The number of sulfonamides is 1. The first kappa shape index (κ1) is 19.0. The van der Waals surface area contributed by atoms with Gasteiger partial charge in [0.2, 0.25) is 5.91 Å². The van der Waals surface area contributed by atoms with E-state index in [0.29, 0.717) is 19.5 Å². The molecule has 0 spiro atoms. The Morgan fingerprint density at radius 1 is 0.931 bits per heavy atom. The summed E-state index contributed by atoms with van der Waals surface area (Å²) in [6.07, 6.45) is 1.24. The Labute approximate surface area is 178 Å². The van der Waals surface area contributed by atoms with Crippen LogP contribution in [-0.2, 0) is 40.7 Å². The highest BCUT2D eigenvalue weighted by molar-refractivity contribution is 7.91. The second-order valence-corrected chi connectivity index (χ2v) is 11.4. The summed E-state index contributed by atoms with van der Waals surface area (Å²) in [6.45, 7) is 1.42. The quantitative estimate of drug-likeness (QED) is 0.621. The zero-order valence-corrected chi connectivity index (χ0v) is 18.1. The van der Waals surface area contributed by atoms with Crippen molar-refractivity contribution in [3.63, 3.8) is 0 Å². The van der Waals surface area contributed by atoms with Crippen molar-refractivity contribution in [3.8, 4) is 0 Å². The van der Waals surface area contributed by atoms with Crippen LogP contribution >= 0.6 is 22.7 Å². The number of amides is 1. The number of fused-ring (bicyclic) bond motifs is 2. The first-order valence-corrected chi connectivity index (χ1v) is 12.7. The number of carbonyl (C=O) groups excluding carboxylic acids is 1. The summed E-state index contributed by atoms with van der Waals surface area (Å²) in [5, 5.41) is 3.81. The summed E-state index contributed by atoms with van der Waals surface area (Å²) in [5.74, 6) is -0.100. The van der Waals surface area contributed by atoms with Crippen molar-refractivity contribution in [2.24, 2.45) is 0 Å². The molecule has 2 aromatic heterocycles. The molecule has 5 nitrogen and oxygen atoms in total. The summed E-state index contributed by atoms with van der Waals surface area (Å²) in [6, 6.07) is 12.5. The van der Waals surface area contributed by atoms with Crippen molar-refractivity contribution in [1.82, 2.24) is 9.21 Å². The lowest BCUT2D eigenvalue weighted by atomic mass is 9.94. The number of hydrogen-bond donors (Lipinski definition) is 0. The third-order valence-electron chi connectivity index (χ3n) is 5.67. The number of thiophene rings is 2. The third-order valence-corrected chi connectivity index (χ3v) is 9.92. The van der Waals surface area contributed by atoms with Gasteiger partial charge in [-0.25, -0.2) is 8.42 Å². The number of nitrogens with zero attached hydrogens (tertiary/aromatic N) is 2. The molecule has 8 heteroatoms. The Morgan fingerprint density at radius 2 is 1.76 bits per heavy atom. The Balaban J connectivity index is 1.51. The fourth-order valence-corrected chi connectivity index (χ4v) is 7.70.